The molecular formula is C54H80O2S2. The van der Waals surface area contributed by atoms with Crippen LogP contribution in [0.3, 0.4) is 0 Å². The lowest BCUT2D eigenvalue weighted by atomic mass is 9.39. The van der Waals surface area contributed by atoms with Crippen LogP contribution in [0.15, 0.2) is 24.3 Å². The number of rotatable bonds is 8. The Morgan fingerprint density at radius 1 is 0.500 bits per heavy atom. The zero-order valence-corrected chi connectivity index (χ0v) is 40.1. The summed E-state index contributed by atoms with van der Waals surface area (Å²) < 4.78 is 0. The third-order valence-electron chi connectivity index (χ3n) is 17.6. The van der Waals surface area contributed by atoms with E-state index in [1.165, 1.54) is 149 Å². The van der Waals surface area contributed by atoms with Crippen molar-refractivity contribution in [3.63, 3.8) is 0 Å². The van der Waals surface area contributed by atoms with Crippen LogP contribution in [-0.4, -0.2) is 20.7 Å². The van der Waals surface area contributed by atoms with Gasteiger partial charge in [-0.2, -0.15) is 23.5 Å². The van der Waals surface area contributed by atoms with Crippen molar-refractivity contribution in [2.24, 2.45) is 33.5 Å². The van der Waals surface area contributed by atoms with Crippen molar-refractivity contribution < 1.29 is 10.2 Å². The molecule has 8 bridgehead atoms. The summed E-state index contributed by atoms with van der Waals surface area (Å²) in [6, 6.07) is 9.72. The summed E-state index contributed by atoms with van der Waals surface area (Å²) in [7, 11) is 0. The highest BCUT2D eigenvalue weighted by atomic mass is 32.2. The molecular weight excluding hydrogens is 745 g/mol. The molecule has 2 nitrogen and oxygen atoms in total. The van der Waals surface area contributed by atoms with Crippen LogP contribution in [-0.2, 0) is 33.2 Å². The van der Waals surface area contributed by atoms with Gasteiger partial charge < -0.3 is 10.2 Å². The SMILES string of the molecule is CC12CC3CC(C)(C1)CC(c1cc(C(C)(C)C)cc(CS[C@H]4CCCCCC[C@@H]4SCc4cc(C(C)(C)C)cc(C56CC7CC(C)(CC(C)(C7)C5)C6)c4O)c1O)(C3)C2. The van der Waals surface area contributed by atoms with Crippen molar-refractivity contribution in [1.82, 2.24) is 0 Å². The number of phenolic OH excluding ortho intramolecular Hbond substituents is 2. The highest BCUT2D eigenvalue weighted by molar-refractivity contribution is 8.03. The fraction of sp³-hybridized carbons (Fsp3) is 0.778. The molecule has 58 heavy (non-hydrogen) atoms. The van der Waals surface area contributed by atoms with Gasteiger partial charge in [-0.05, 0) is 145 Å². The molecule has 9 aliphatic carbocycles. The van der Waals surface area contributed by atoms with Gasteiger partial charge in [-0.15, -0.1) is 0 Å². The zero-order chi connectivity index (χ0) is 41.3. The third kappa shape index (κ3) is 7.65. The van der Waals surface area contributed by atoms with Gasteiger partial charge >= 0.3 is 0 Å². The Balaban J connectivity index is 0.996. The van der Waals surface area contributed by atoms with E-state index < -0.39 is 0 Å². The van der Waals surface area contributed by atoms with Crippen LogP contribution in [0.1, 0.15) is 218 Å². The standard InChI is InChI=1S/C54H80O2S2/c1-47(2,3)39-17-37(45(55)41(19-39)53-25-35-21-49(7,31-53)29-50(8,22-35)32-53)27-57-43-15-13-11-12-14-16-44(43)58-28-38-18-40(48(4,5)6)20-42(46(38)56)54-26-36-23-51(9,33-54)30-52(10,24-36)34-54/h17-20,35-36,43-44,55-56H,11-16,21-34H2,1-10H3/t35?,36?,43-,44-,49?,50?,51?,52?,53?,54?/m0/s1. The fourth-order valence-corrected chi connectivity index (χ4v) is 20.0. The van der Waals surface area contributed by atoms with Gasteiger partial charge in [0.2, 0.25) is 0 Å². The maximum atomic E-state index is 12.5. The first-order valence-electron chi connectivity index (χ1n) is 24.0. The molecule has 2 aromatic rings. The van der Waals surface area contributed by atoms with Gasteiger partial charge in [0.1, 0.15) is 11.5 Å². The molecule has 2 N–H and O–H groups in total. The lowest BCUT2D eigenvalue weighted by Gasteiger charge is -2.65. The average Bonchev–Trinajstić information content (AvgIpc) is 3.04. The minimum absolute atomic E-state index is 0.0324. The number of benzene rings is 2. The molecule has 9 fully saturated rings. The summed E-state index contributed by atoms with van der Waals surface area (Å²) in [5.74, 6) is 4.63. The number of hydrogen-bond acceptors (Lipinski definition) is 4. The van der Waals surface area contributed by atoms with Crippen molar-refractivity contribution >= 4 is 23.5 Å². The minimum Gasteiger partial charge on any atom is -0.507 e. The molecule has 4 unspecified atom stereocenters. The lowest BCUT2D eigenvalue weighted by molar-refractivity contribution is -0.110. The Kier molecular flexibility index (Phi) is 10.2. The number of phenols is 2. The van der Waals surface area contributed by atoms with Crippen LogP contribution >= 0.6 is 23.5 Å². The topological polar surface area (TPSA) is 40.5 Å². The van der Waals surface area contributed by atoms with Crippen LogP contribution < -0.4 is 0 Å². The summed E-state index contributed by atoms with van der Waals surface area (Å²) >= 11 is 4.29. The number of thioether (sulfide) groups is 2. The first kappa shape index (κ1) is 42.1. The maximum absolute atomic E-state index is 12.5. The quantitative estimate of drug-likeness (QED) is 0.278. The normalized spacial score (nSPS) is 40.9. The number of hydrogen-bond donors (Lipinski definition) is 2. The van der Waals surface area contributed by atoms with Gasteiger partial charge in [0.15, 0.2) is 0 Å². The molecule has 4 heteroatoms. The Labute approximate surface area is 363 Å². The van der Waals surface area contributed by atoms with E-state index in [2.05, 4.69) is 117 Å². The lowest BCUT2D eigenvalue weighted by Crippen LogP contribution is -2.56. The Hall–Kier alpha value is -1.26. The highest BCUT2D eigenvalue weighted by Gasteiger charge is 2.62. The monoisotopic (exact) mass is 825 g/mol. The summed E-state index contributed by atoms with van der Waals surface area (Å²) in [6.45, 7) is 24.5. The summed E-state index contributed by atoms with van der Waals surface area (Å²) in [6.07, 6.45) is 23.5. The van der Waals surface area contributed by atoms with E-state index in [1.807, 2.05) is 0 Å². The number of aromatic hydroxyl groups is 2. The third-order valence-corrected chi connectivity index (χ3v) is 20.7. The molecule has 6 atom stereocenters. The van der Waals surface area contributed by atoms with Crippen LogP contribution in [0.2, 0.25) is 0 Å². The molecule has 0 heterocycles. The molecule has 9 aliphatic rings. The summed E-state index contributed by atoms with van der Waals surface area (Å²) in [5.41, 5.74) is 9.68. The molecule has 11 rings (SSSR count). The van der Waals surface area contributed by atoms with Crippen LogP contribution in [0.25, 0.3) is 0 Å². The zero-order valence-electron chi connectivity index (χ0n) is 38.5. The second-order valence-corrected chi connectivity index (χ2v) is 28.5. The van der Waals surface area contributed by atoms with E-state index in [0.29, 0.717) is 43.7 Å². The van der Waals surface area contributed by atoms with E-state index in [0.717, 1.165) is 23.3 Å². The highest BCUT2D eigenvalue weighted by Crippen LogP contribution is 2.72. The Morgan fingerprint density at radius 2 is 0.845 bits per heavy atom. The molecule has 0 aromatic heterocycles. The maximum Gasteiger partial charge on any atom is 0.123 e. The summed E-state index contributed by atoms with van der Waals surface area (Å²) in [4.78, 5) is 0. The Bertz CT molecular complexity index is 1740. The van der Waals surface area contributed by atoms with E-state index in [1.54, 1.807) is 0 Å². The van der Waals surface area contributed by atoms with Gasteiger partial charge in [-0.3, -0.25) is 0 Å². The van der Waals surface area contributed by atoms with Gasteiger partial charge in [-0.1, -0.05) is 119 Å². The van der Waals surface area contributed by atoms with Crippen LogP contribution in [0.4, 0.5) is 0 Å². The van der Waals surface area contributed by atoms with E-state index in [9.17, 15) is 10.2 Å². The predicted molar refractivity (Wildman–Crippen MR) is 250 cm³/mol. The Morgan fingerprint density at radius 3 is 1.16 bits per heavy atom. The molecule has 2 aromatic carbocycles. The molecule has 0 spiro atoms. The second-order valence-electron chi connectivity index (χ2n) is 26.1. The van der Waals surface area contributed by atoms with Crippen molar-refractivity contribution in [3.05, 3.63) is 57.6 Å². The fourth-order valence-electron chi connectivity index (χ4n) is 17.0. The second kappa shape index (κ2) is 14.1. The van der Waals surface area contributed by atoms with Crippen molar-refractivity contribution in [2.45, 2.75) is 228 Å². The molecule has 0 radical (unpaired) electrons. The smallest absolute Gasteiger partial charge is 0.123 e. The predicted octanol–water partition coefficient (Wildman–Crippen LogP) is 15.4. The summed E-state index contributed by atoms with van der Waals surface area (Å²) in [5, 5.41) is 26.0. The molecule has 0 saturated heterocycles. The van der Waals surface area contributed by atoms with E-state index in [-0.39, 0.29) is 21.7 Å². The molecule has 0 amide bonds. The van der Waals surface area contributed by atoms with Gasteiger partial charge in [-0.25, -0.2) is 0 Å². The van der Waals surface area contributed by atoms with Crippen molar-refractivity contribution in [2.75, 3.05) is 0 Å². The van der Waals surface area contributed by atoms with E-state index in [4.69, 9.17) is 0 Å². The first-order chi connectivity index (χ1) is 27.0. The van der Waals surface area contributed by atoms with Crippen molar-refractivity contribution in [1.29, 1.82) is 0 Å². The van der Waals surface area contributed by atoms with Gasteiger partial charge in [0.25, 0.3) is 0 Å². The van der Waals surface area contributed by atoms with Crippen LogP contribution in [0.5, 0.6) is 11.5 Å². The van der Waals surface area contributed by atoms with Crippen LogP contribution in [0, 0.1) is 33.5 Å². The molecule has 320 valence electrons. The molecule has 0 aliphatic heterocycles. The first-order valence-corrected chi connectivity index (χ1v) is 26.1. The van der Waals surface area contributed by atoms with E-state index >= 15 is 0 Å². The average molecular weight is 825 g/mol. The minimum atomic E-state index is 0.0324. The largest absolute Gasteiger partial charge is 0.507 e. The van der Waals surface area contributed by atoms with Gasteiger partial charge in [0, 0.05) is 55.1 Å². The van der Waals surface area contributed by atoms with Crippen molar-refractivity contribution in [3.8, 4) is 11.5 Å². The molecule has 9 saturated carbocycles. The van der Waals surface area contributed by atoms with Gasteiger partial charge in [0.05, 0.1) is 0 Å².